The topological polar surface area (TPSA) is 42.0 Å². The standard InChI is InChI=1S/C7H10N2OS/c1-4-6(5(2)10)11-7(8-3)9-4/h1-3H3,(H,8,9). The lowest BCUT2D eigenvalue weighted by Gasteiger charge is -1.86. The Morgan fingerprint density at radius 2 is 2.27 bits per heavy atom. The van der Waals surface area contributed by atoms with Crippen molar-refractivity contribution in [3.63, 3.8) is 0 Å². The van der Waals surface area contributed by atoms with Gasteiger partial charge in [-0.3, -0.25) is 4.79 Å². The fourth-order valence-corrected chi connectivity index (χ4v) is 1.65. The van der Waals surface area contributed by atoms with Crippen LogP contribution in [0.25, 0.3) is 0 Å². The SMILES string of the molecule is CNc1nc(C)c(C(C)=O)s1. The van der Waals surface area contributed by atoms with Gasteiger partial charge in [0.1, 0.15) is 0 Å². The molecule has 0 bridgehead atoms. The van der Waals surface area contributed by atoms with Crippen LogP contribution in [0.4, 0.5) is 5.13 Å². The number of Topliss-reactive ketones (excluding diaryl/α,β-unsaturated/α-hetero) is 1. The van der Waals surface area contributed by atoms with Gasteiger partial charge in [-0.2, -0.15) is 0 Å². The molecular weight excluding hydrogens is 160 g/mol. The second kappa shape index (κ2) is 3.00. The molecule has 1 heterocycles. The molecule has 0 saturated heterocycles. The maximum atomic E-state index is 10.9. The molecule has 0 aliphatic carbocycles. The first-order valence-corrected chi connectivity index (χ1v) is 4.13. The number of nitrogens with zero attached hydrogens (tertiary/aromatic N) is 1. The number of aryl methyl sites for hydroxylation is 1. The van der Waals surface area contributed by atoms with Crippen molar-refractivity contribution in [2.75, 3.05) is 12.4 Å². The summed E-state index contributed by atoms with van der Waals surface area (Å²) in [4.78, 5) is 15.8. The van der Waals surface area contributed by atoms with Gasteiger partial charge >= 0.3 is 0 Å². The van der Waals surface area contributed by atoms with Gasteiger partial charge in [0, 0.05) is 14.0 Å². The summed E-state index contributed by atoms with van der Waals surface area (Å²) in [6.07, 6.45) is 0. The van der Waals surface area contributed by atoms with Crippen LogP contribution < -0.4 is 5.32 Å². The van der Waals surface area contributed by atoms with E-state index in [1.165, 1.54) is 11.3 Å². The summed E-state index contributed by atoms with van der Waals surface area (Å²) in [6, 6.07) is 0. The van der Waals surface area contributed by atoms with Crippen LogP contribution in [0.15, 0.2) is 0 Å². The molecule has 60 valence electrons. The molecule has 3 nitrogen and oxygen atoms in total. The first kappa shape index (κ1) is 8.20. The Balaban J connectivity index is 3.07. The monoisotopic (exact) mass is 170 g/mol. The van der Waals surface area contributed by atoms with E-state index in [4.69, 9.17) is 0 Å². The summed E-state index contributed by atoms with van der Waals surface area (Å²) in [6.45, 7) is 3.40. The lowest BCUT2D eigenvalue weighted by atomic mass is 10.3. The highest BCUT2D eigenvalue weighted by Crippen LogP contribution is 2.21. The van der Waals surface area contributed by atoms with E-state index in [0.717, 1.165) is 15.7 Å². The van der Waals surface area contributed by atoms with Crippen molar-refractivity contribution in [1.29, 1.82) is 0 Å². The molecule has 0 amide bonds. The molecule has 0 unspecified atom stereocenters. The molecule has 1 N–H and O–H groups in total. The van der Waals surface area contributed by atoms with Crippen molar-refractivity contribution in [2.24, 2.45) is 0 Å². The summed E-state index contributed by atoms with van der Waals surface area (Å²) in [5.74, 6) is 0.0847. The molecule has 0 spiro atoms. The van der Waals surface area contributed by atoms with Crippen molar-refractivity contribution in [3.05, 3.63) is 10.6 Å². The van der Waals surface area contributed by atoms with E-state index in [1.54, 1.807) is 14.0 Å². The Kier molecular flexibility index (Phi) is 2.24. The van der Waals surface area contributed by atoms with Gasteiger partial charge in [-0.1, -0.05) is 11.3 Å². The van der Waals surface area contributed by atoms with Gasteiger partial charge in [0.15, 0.2) is 10.9 Å². The van der Waals surface area contributed by atoms with Crippen molar-refractivity contribution in [1.82, 2.24) is 4.98 Å². The number of aromatic nitrogens is 1. The summed E-state index contributed by atoms with van der Waals surface area (Å²) in [7, 11) is 1.79. The third kappa shape index (κ3) is 1.57. The molecule has 0 aliphatic rings. The maximum Gasteiger partial charge on any atom is 0.183 e. The molecule has 0 radical (unpaired) electrons. The summed E-state index contributed by atoms with van der Waals surface area (Å²) < 4.78 is 0. The summed E-state index contributed by atoms with van der Waals surface area (Å²) >= 11 is 1.40. The van der Waals surface area contributed by atoms with Crippen molar-refractivity contribution in [3.8, 4) is 0 Å². The third-order valence-electron chi connectivity index (χ3n) is 1.33. The molecule has 0 saturated carbocycles. The second-order valence-electron chi connectivity index (χ2n) is 2.24. The van der Waals surface area contributed by atoms with Gasteiger partial charge < -0.3 is 5.32 Å². The molecule has 0 aromatic carbocycles. The zero-order chi connectivity index (χ0) is 8.43. The average Bonchev–Trinajstić information content (AvgIpc) is 2.30. The molecule has 11 heavy (non-hydrogen) atoms. The van der Waals surface area contributed by atoms with Gasteiger partial charge in [-0.15, -0.1) is 0 Å². The zero-order valence-electron chi connectivity index (χ0n) is 6.76. The summed E-state index contributed by atoms with van der Waals surface area (Å²) in [5.41, 5.74) is 0.812. The highest BCUT2D eigenvalue weighted by molar-refractivity contribution is 7.17. The number of anilines is 1. The van der Waals surface area contributed by atoms with Crippen LogP contribution in [0.2, 0.25) is 0 Å². The van der Waals surface area contributed by atoms with Crippen LogP contribution in [-0.4, -0.2) is 17.8 Å². The number of thiazole rings is 1. The van der Waals surface area contributed by atoms with E-state index in [9.17, 15) is 4.79 Å². The Morgan fingerprint density at radius 3 is 2.55 bits per heavy atom. The number of hydrogen-bond donors (Lipinski definition) is 1. The van der Waals surface area contributed by atoms with Crippen LogP contribution in [0.1, 0.15) is 22.3 Å². The fourth-order valence-electron chi connectivity index (χ4n) is 0.830. The number of carbonyl (C=O) groups excluding carboxylic acids is 1. The predicted molar refractivity (Wildman–Crippen MR) is 46.4 cm³/mol. The highest BCUT2D eigenvalue weighted by atomic mass is 32.1. The lowest BCUT2D eigenvalue weighted by Crippen LogP contribution is -1.89. The number of rotatable bonds is 2. The van der Waals surface area contributed by atoms with Crippen LogP contribution in [0, 0.1) is 6.92 Å². The van der Waals surface area contributed by atoms with Crippen LogP contribution in [0.5, 0.6) is 0 Å². The second-order valence-corrected chi connectivity index (χ2v) is 3.24. The molecule has 0 atom stereocenters. The van der Waals surface area contributed by atoms with Crippen molar-refractivity contribution in [2.45, 2.75) is 13.8 Å². The third-order valence-corrected chi connectivity index (χ3v) is 2.61. The average molecular weight is 170 g/mol. The van der Waals surface area contributed by atoms with Gasteiger partial charge in [0.25, 0.3) is 0 Å². The molecule has 4 heteroatoms. The van der Waals surface area contributed by atoms with E-state index in [-0.39, 0.29) is 5.78 Å². The maximum absolute atomic E-state index is 10.9. The van der Waals surface area contributed by atoms with E-state index in [1.807, 2.05) is 6.92 Å². The number of nitrogens with one attached hydrogen (secondary N) is 1. The highest BCUT2D eigenvalue weighted by Gasteiger charge is 2.09. The molecule has 1 aromatic heterocycles. The summed E-state index contributed by atoms with van der Waals surface area (Å²) in [5, 5.41) is 3.70. The van der Waals surface area contributed by atoms with E-state index >= 15 is 0 Å². The minimum atomic E-state index is 0.0847. The minimum Gasteiger partial charge on any atom is -0.365 e. The van der Waals surface area contributed by atoms with E-state index < -0.39 is 0 Å². The predicted octanol–water partition coefficient (Wildman–Crippen LogP) is 1.70. The van der Waals surface area contributed by atoms with Crippen LogP contribution in [-0.2, 0) is 0 Å². The lowest BCUT2D eigenvalue weighted by molar-refractivity contribution is 0.102. The smallest absolute Gasteiger partial charge is 0.183 e. The largest absolute Gasteiger partial charge is 0.365 e. The number of hydrogen-bond acceptors (Lipinski definition) is 4. The Hall–Kier alpha value is -0.900. The van der Waals surface area contributed by atoms with Crippen LogP contribution >= 0.6 is 11.3 Å². The normalized spacial score (nSPS) is 9.73. The van der Waals surface area contributed by atoms with Crippen molar-refractivity contribution < 1.29 is 4.79 Å². The molecule has 1 rings (SSSR count). The minimum absolute atomic E-state index is 0.0847. The van der Waals surface area contributed by atoms with E-state index in [2.05, 4.69) is 10.3 Å². The first-order valence-electron chi connectivity index (χ1n) is 3.31. The van der Waals surface area contributed by atoms with Gasteiger partial charge in [-0.25, -0.2) is 4.98 Å². The molecular formula is C7H10N2OS. The Morgan fingerprint density at radius 1 is 1.64 bits per heavy atom. The quantitative estimate of drug-likeness (QED) is 0.687. The van der Waals surface area contributed by atoms with Crippen LogP contribution in [0.3, 0.4) is 0 Å². The molecule has 0 aliphatic heterocycles. The first-order chi connectivity index (χ1) is 5.15. The van der Waals surface area contributed by atoms with E-state index in [0.29, 0.717) is 0 Å². The van der Waals surface area contributed by atoms with Gasteiger partial charge in [-0.05, 0) is 6.92 Å². The Labute approximate surface area is 69.5 Å². The fraction of sp³-hybridized carbons (Fsp3) is 0.429. The van der Waals surface area contributed by atoms with Crippen molar-refractivity contribution >= 4 is 22.3 Å². The molecule has 0 fully saturated rings. The Bertz CT molecular complexity index is 280. The number of ketones is 1. The number of carbonyl (C=O) groups is 1. The zero-order valence-corrected chi connectivity index (χ0v) is 7.58. The van der Waals surface area contributed by atoms with Gasteiger partial charge in [0.2, 0.25) is 0 Å². The van der Waals surface area contributed by atoms with Gasteiger partial charge in [0.05, 0.1) is 10.6 Å². The molecule has 1 aromatic rings.